The average Bonchev–Trinajstić information content (AvgIpc) is 2.42. The molecule has 2 nitrogen and oxygen atoms in total. The van der Waals surface area contributed by atoms with Crippen LogP contribution in [0.3, 0.4) is 0 Å². The Hall–Kier alpha value is -1.15. The molecule has 0 aromatic heterocycles. The molecule has 14 heavy (non-hydrogen) atoms. The monoisotopic (exact) mass is 186 g/mol. The first-order valence-corrected chi connectivity index (χ1v) is 5.24. The predicted molar refractivity (Wildman–Crippen MR) is 58.2 cm³/mol. The fraction of sp³-hybridized carbons (Fsp3) is 0.417. The van der Waals surface area contributed by atoms with Crippen molar-refractivity contribution in [2.45, 2.75) is 18.5 Å². The zero-order chi connectivity index (χ0) is 9.38. The number of hydrogen-bond acceptors (Lipinski definition) is 2. The quantitative estimate of drug-likeness (QED) is 0.611. The van der Waals surface area contributed by atoms with E-state index in [0.29, 0.717) is 23.9 Å². The van der Waals surface area contributed by atoms with Gasteiger partial charge in [0.15, 0.2) is 0 Å². The molecular weight excluding hydrogens is 172 g/mol. The van der Waals surface area contributed by atoms with Crippen molar-refractivity contribution in [2.24, 2.45) is 16.8 Å². The molecule has 3 aliphatic rings. The van der Waals surface area contributed by atoms with Crippen LogP contribution in [0.25, 0.3) is 0 Å². The summed E-state index contributed by atoms with van der Waals surface area (Å²) in [6.45, 7) is 0. The zero-order valence-corrected chi connectivity index (χ0v) is 8.01. The van der Waals surface area contributed by atoms with Gasteiger partial charge in [-0.3, -0.25) is 4.99 Å². The maximum atomic E-state index is 4.20. The topological polar surface area (TPSA) is 24.4 Å². The minimum Gasteiger partial charge on any atom is -0.303 e. The SMILES string of the molecule is C1=CC2NC3C=CN=CCC3C2C=C1. The number of aliphatic imine (C=N–C) groups is 1. The van der Waals surface area contributed by atoms with Gasteiger partial charge in [0.25, 0.3) is 0 Å². The lowest BCUT2D eigenvalue weighted by Gasteiger charge is -2.19. The predicted octanol–water partition coefficient (Wildman–Crippen LogP) is 1.67. The molecule has 0 radical (unpaired) electrons. The van der Waals surface area contributed by atoms with Gasteiger partial charge in [0.2, 0.25) is 0 Å². The molecule has 2 heterocycles. The number of rotatable bonds is 0. The highest BCUT2D eigenvalue weighted by molar-refractivity contribution is 5.60. The number of nitrogens with one attached hydrogen (secondary N) is 1. The number of fused-ring (bicyclic) bond motifs is 3. The van der Waals surface area contributed by atoms with Crippen LogP contribution in [0.2, 0.25) is 0 Å². The van der Waals surface area contributed by atoms with E-state index in [1.807, 2.05) is 12.4 Å². The van der Waals surface area contributed by atoms with Crippen molar-refractivity contribution in [2.75, 3.05) is 0 Å². The molecular formula is C12H14N2. The average molecular weight is 186 g/mol. The Morgan fingerprint density at radius 3 is 3.00 bits per heavy atom. The van der Waals surface area contributed by atoms with Crippen LogP contribution in [0.4, 0.5) is 0 Å². The number of hydrogen-bond donors (Lipinski definition) is 1. The van der Waals surface area contributed by atoms with Gasteiger partial charge in [0, 0.05) is 30.4 Å². The summed E-state index contributed by atoms with van der Waals surface area (Å²) in [6, 6.07) is 1.03. The van der Waals surface area contributed by atoms with Gasteiger partial charge in [-0.05, 0) is 18.4 Å². The molecule has 0 spiro atoms. The smallest absolute Gasteiger partial charge is 0.0325 e. The molecule has 4 unspecified atom stereocenters. The van der Waals surface area contributed by atoms with Crippen LogP contribution in [-0.4, -0.2) is 18.3 Å². The van der Waals surface area contributed by atoms with Crippen LogP contribution >= 0.6 is 0 Å². The van der Waals surface area contributed by atoms with Gasteiger partial charge in [-0.1, -0.05) is 24.3 Å². The normalized spacial score (nSPS) is 43.4. The van der Waals surface area contributed by atoms with E-state index in [4.69, 9.17) is 0 Å². The Balaban J connectivity index is 1.91. The summed E-state index contributed by atoms with van der Waals surface area (Å²) in [6.07, 6.45) is 16.1. The Morgan fingerprint density at radius 2 is 2.00 bits per heavy atom. The summed E-state index contributed by atoms with van der Waals surface area (Å²) >= 11 is 0. The Labute approximate surface area is 84.1 Å². The number of allylic oxidation sites excluding steroid dienone is 2. The van der Waals surface area contributed by atoms with Crippen molar-refractivity contribution >= 4 is 6.21 Å². The molecule has 0 amide bonds. The van der Waals surface area contributed by atoms with Crippen LogP contribution in [-0.2, 0) is 0 Å². The molecule has 2 heteroatoms. The van der Waals surface area contributed by atoms with E-state index < -0.39 is 0 Å². The van der Waals surface area contributed by atoms with Gasteiger partial charge in [0.05, 0.1) is 0 Å². The first kappa shape index (κ1) is 8.18. The minimum absolute atomic E-state index is 0.500. The minimum atomic E-state index is 0.500. The van der Waals surface area contributed by atoms with Crippen molar-refractivity contribution in [1.29, 1.82) is 0 Å². The highest BCUT2D eigenvalue weighted by atomic mass is 15.0. The molecule has 1 fully saturated rings. The van der Waals surface area contributed by atoms with Gasteiger partial charge in [-0.2, -0.15) is 0 Å². The summed E-state index contributed by atoms with van der Waals surface area (Å²) in [5.74, 6) is 1.34. The van der Waals surface area contributed by atoms with E-state index in [2.05, 4.69) is 40.7 Å². The molecule has 0 aromatic rings. The van der Waals surface area contributed by atoms with E-state index in [1.165, 1.54) is 0 Å². The molecule has 1 saturated heterocycles. The van der Waals surface area contributed by atoms with Gasteiger partial charge in [-0.15, -0.1) is 0 Å². The summed E-state index contributed by atoms with van der Waals surface area (Å²) in [7, 11) is 0. The second kappa shape index (κ2) is 3.21. The van der Waals surface area contributed by atoms with E-state index in [-0.39, 0.29) is 0 Å². The fourth-order valence-electron chi connectivity index (χ4n) is 2.67. The second-order valence-corrected chi connectivity index (χ2v) is 4.14. The maximum absolute atomic E-state index is 4.20. The molecule has 1 N–H and O–H groups in total. The maximum Gasteiger partial charge on any atom is 0.0325 e. The van der Waals surface area contributed by atoms with Crippen LogP contribution < -0.4 is 5.32 Å². The van der Waals surface area contributed by atoms with Gasteiger partial charge in [-0.25, -0.2) is 0 Å². The van der Waals surface area contributed by atoms with Crippen molar-refractivity contribution in [3.63, 3.8) is 0 Å². The highest BCUT2D eigenvalue weighted by Crippen LogP contribution is 2.34. The lowest BCUT2D eigenvalue weighted by molar-refractivity contribution is 0.457. The van der Waals surface area contributed by atoms with E-state index in [9.17, 15) is 0 Å². The van der Waals surface area contributed by atoms with Crippen LogP contribution in [0, 0.1) is 11.8 Å². The Bertz CT molecular complexity index is 338. The zero-order valence-electron chi connectivity index (χ0n) is 8.01. The molecule has 3 rings (SSSR count). The molecule has 72 valence electrons. The van der Waals surface area contributed by atoms with Crippen LogP contribution in [0.15, 0.2) is 41.6 Å². The van der Waals surface area contributed by atoms with Crippen molar-refractivity contribution in [1.82, 2.24) is 5.32 Å². The summed E-state index contributed by atoms with van der Waals surface area (Å²) in [5.41, 5.74) is 0. The van der Waals surface area contributed by atoms with Gasteiger partial charge in [0.1, 0.15) is 0 Å². The van der Waals surface area contributed by atoms with Gasteiger partial charge >= 0.3 is 0 Å². The first-order valence-electron chi connectivity index (χ1n) is 5.24. The molecule has 1 aliphatic carbocycles. The van der Waals surface area contributed by atoms with E-state index >= 15 is 0 Å². The Kier molecular flexibility index (Phi) is 1.88. The fourth-order valence-corrected chi connectivity index (χ4v) is 2.67. The van der Waals surface area contributed by atoms with Crippen molar-refractivity contribution < 1.29 is 0 Å². The lowest BCUT2D eigenvalue weighted by Crippen LogP contribution is -2.29. The van der Waals surface area contributed by atoms with Crippen LogP contribution in [0.1, 0.15) is 6.42 Å². The summed E-state index contributed by atoms with van der Waals surface area (Å²) in [5, 5.41) is 3.63. The van der Waals surface area contributed by atoms with Gasteiger partial charge < -0.3 is 5.32 Å². The Morgan fingerprint density at radius 1 is 1.07 bits per heavy atom. The second-order valence-electron chi connectivity index (χ2n) is 4.14. The third kappa shape index (κ3) is 1.18. The highest BCUT2D eigenvalue weighted by Gasteiger charge is 2.39. The molecule has 0 saturated carbocycles. The van der Waals surface area contributed by atoms with E-state index in [1.54, 1.807) is 0 Å². The standard InChI is InChI=1S/C12H14N2/c1-2-4-11-9(3-1)10-5-7-13-8-6-12(10)14-11/h1-4,6-12,14H,5H2. The third-order valence-electron chi connectivity index (χ3n) is 3.38. The van der Waals surface area contributed by atoms with E-state index in [0.717, 1.165) is 6.42 Å². The van der Waals surface area contributed by atoms with Crippen molar-refractivity contribution in [3.8, 4) is 0 Å². The van der Waals surface area contributed by atoms with Crippen molar-refractivity contribution in [3.05, 3.63) is 36.6 Å². The largest absolute Gasteiger partial charge is 0.303 e. The lowest BCUT2D eigenvalue weighted by atomic mass is 9.83. The summed E-state index contributed by atoms with van der Waals surface area (Å²) < 4.78 is 0. The molecule has 2 aliphatic heterocycles. The molecule has 0 bridgehead atoms. The number of nitrogens with zero attached hydrogens (tertiary/aromatic N) is 1. The van der Waals surface area contributed by atoms with Crippen LogP contribution in [0.5, 0.6) is 0 Å². The molecule has 4 atom stereocenters. The first-order chi connectivity index (χ1) is 6.95. The summed E-state index contributed by atoms with van der Waals surface area (Å²) in [4.78, 5) is 4.20. The third-order valence-corrected chi connectivity index (χ3v) is 3.38. The molecule has 0 aromatic carbocycles.